The van der Waals surface area contributed by atoms with Crippen LogP contribution in [0.15, 0.2) is 29.1 Å². The Morgan fingerprint density at radius 2 is 1.61 bits per heavy atom. The summed E-state index contributed by atoms with van der Waals surface area (Å²) >= 11 is 1.18. The van der Waals surface area contributed by atoms with Crippen LogP contribution in [0.5, 0.6) is 0 Å². The number of fused-ring (bicyclic) bond motifs is 1. The van der Waals surface area contributed by atoms with Gasteiger partial charge in [-0.1, -0.05) is 25.2 Å². The van der Waals surface area contributed by atoms with Gasteiger partial charge in [0.05, 0.1) is 6.10 Å². The van der Waals surface area contributed by atoms with E-state index in [9.17, 15) is 24.3 Å². The molecular formula is C31H45N7O7S. The standard InChI is InChI=1S/C29H39N7O7S.C2H6/c1-17(37)18-12-19(14-20(13-18)31-22(38)16-30-26(40)42-28(2,3)4)24-33-36-23(39)15-21(32-25(36)44-24)34-8-10-35(11-9-34)27(41)43-29(5,6)7;1-2/h12-15,17,37H,8-11,16H2,1-7H3,(H,30,40)(H,31,38);1-2H3. The number of nitrogens with one attached hydrogen (secondary N) is 2. The lowest BCUT2D eigenvalue weighted by Crippen LogP contribution is -2.50. The van der Waals surface area contributed by atoms with Crippen LogP contribution < -0.4 is 21.1 Å². The second-order valence-electron chi connectivity index (χ2n) is 12.4. The van der Waals surface area contributed by atoms with Crippen LogP contribution in [0.4, 0.5) is 21.1 Å². The van der Waals surface area contributed by atoms with Gasteiger partial charge in [-0.2, -0.15) is 9.61 Å². The van der Waals surface area contributed by atoms with Crippen molar-refractivity contribution in [3.05, 3.63) is 40.2 Å². The first-order chi connectivity index (χ1) is 21.5. The van der Waals surface area contributed by atoms with Crippen molar-refractivity contribution in [1.82, 2.24) is 24.8 Å². The van der Waals surface area contributed by atoms with Gasteiger partial charge in [0, 0.05) is 43.5 Å². The highest BCUT2D eigenvalue weighted by atomic mass is 32.1. The van der Waals surface area contributed by atoms with Gasteiger partial charge in [-0.05, 0) is 72.2 Å². The first-order valence-corrected chi connectivity index (χ1v) is 16.0. The third kappa shape index (κ3) is 10.1. The molecule has 1 fully saturated rings. The third-order valence-electron chi connectivity index (χ3n) is 6.25. The van der Waals surface area contributed by atoms with E-state index in [4.69, 9.17) is 9.47 Å². The number of ether oxygens (including phenoxy) is 2. The Bertz CT molecular complexity index is 1600. The van der Waals surface area contributed by atoms with Crippen LogP contribution in [-0.4, -0.2) is 86.6 Å². The molecule has 3 amide bonds. The zero-order valence-electron chi connectivity index (χ0n) is 28.0. The number of anilines is 2. The van der Waals surface area contributed by atoms with Crippen LogP contribution in [0.25, 0.3) is 15.5 Å². The topological polar surface area (TPSA) is 168 Å². The van der Waals surface area contributed by atoms with Crippen LogP contribution >= 0.6 is 11.3 Å². The summed E-state index contributed by atoms with van der Waals surface area (Å²) in [5.74, 6) is -0.0136. The van der Waals surface area contributed by atoms with Crippen LogP contribution in [-0.2, 0) is 14.3 Å². The Morgan fingerprint density at radius 1 is 0.978 bits per heavy atom. The first kappa shape index (κ1) is 36.2. The van der Waals surface area contributed by atoms with E-state index >= 15 is 0 Å². The van der Waals surface area contributed by atoms with Crippen LogP contribution in [0.2, 0.25) is 0 Å². The Kier molecular flexibility index (Phi) is 11.7. The Labute approximate surface area is 272 Å². The minimum atomic E-state index is -0.855. The number of aliphatic hydroxyl groups excluding tert-OH is 1. The van der Waals surface area contributed by atoms with E-state index in [1.807, 2.05) is 39.5 Å². The van der Waals surface area contributed by atoms with E-state index in [2.05, 4.69) is 20.7 Å². The zero-order valence-corrected chi connectivity index (χ0v) is 28.8. The van der Waals surface area contributed by atoms with Crippen molar-refractivity contribution < 1.29 is 29.0 Å². The molecule has 15 heteroatoms. The molecule has 0 aliphatic carbocycles. The summed E-state index contributed by atoms with van der Waals surface area (Å²) < 4.78 is 11.8. The number of aliphatic hydroxyl groups is 1. The number of hydrogen-bond acceptors (Lipinski definition) is 11. The average Bonchev–Trinajstić information content (AvgIpc) is 3.40. The molecule has 46 heavy (non-hydrogen) atoms. The van der Waals surface area contributed by atoms with Crippen LogP contribution in [0, 0.1) is 0 Å². The van der Waals surface area contributed by atoms with E-state index in [0.717, 1.165) is 0 Å². The molecule has 0 spiro atoms. The molecule has 1 aliphatic rings. The Balaban J connectivity index is 0.00000282. The van der Waals surface area contributed by atoms with Crippen molar-refractivity contribution in [2.24, 2.45) is 0 Å². The van der Waals surface area contributed by atoms with Crippen molar-refractivity contribution in [2.45, 2.75) is 79.6 Å². The molecule has 3 N–H and O–H groups in total. The number of rotatable bonds is 6. The number of nitrogens with zero attached hydrogens (tertiary/aromatic N) is 5. The van der Waals surface area contributed by atoms with E-state index in [-0.39, 0.29) is 18.2 Å². The molecule has 2 aromatic heterocycles. The fourth-order valence-corrected chi connectivity index (χ4v) is 5.17. The lowest BCUT2D eigenvalue weighted by atomic mass is 10.1. The van der Waals surface area contributed by atoms with E-state index in [1.54, 1.807) is 50.8 Å². The molecule has 1 atom stereocenters. The minimum absolute atomic E-state index is 0.321. The van der Waals surface area contributed by atoms with Crippen molar-refractivity contribution in [3.63, 3.8) is 0 Å². The van der Waals surface area contributed by atoms with E-state index < -0.39 is 29.3 Å². The summed E-state index contributed by atoms with van der Waals surface area (Å²) in [6.07, 6.45) is -1.95. The summed E-state index contributed by atoms with van der Waals surface area (Å²) in [5.41, 5.74) is -0.207. The predicted octanol–water partition coefficient (Wildman–Crippen LogP) is 4.42. The first-order valence-electron chi connectivity index (χ1n) is 15.2. The number of carbonyl (C=O) groups is 3. The third-order valence-corrected chi connectivity index (χ3v) is 7.20. The minimum Gasteiger partial charge on any atom is -0.444 e. The molecule has 1 aromatic carbocycles. The normalized spacial score (nSPS) is 14.2. The summed E-state index contributed by atoms with van der Waals surface area (Å²) in [7, 11) is 0. The molecular weight excluding hydrogens is 614 g/mol. The molecule has 3 aromatic rings. The van der Waals surface area contributed by atoms with Gasteiger partial charge in [0.2, 0.25) is 10.9 Å². The fourth-order valence-electron chi connectivity index (χ4n) is 4.28. The summed E-state index contributed by atoms with van der Waals surface area (Å²) in [6, 6.07) is 6.41. The number of aromatic nitrogens is 3. The van der Waals surface area contributed by atoms with Gasteiger partial charge in [0.25, 0.3) is 5.56 Å². The largest absolute Gasteiger partial charge is 0.444 e. The summed E-state index contributed by atoms with van der Waals surface area (Å²) in [6.45, 7) is 17.7. The molecule has 1 unspecified atom stereocenters. The maximum atomic E-state index is 13.0. The van der Waals surface area contributed by atoms with Gasteiger partial charge < -0.3 is 35.0 Å². The Morgan fingerprint density at radius 3 is 2.20 bits per heavy atom. The SMILES string of the molecule is CC.CC(O)c1cc(NC(=O)CNC(=O)OC(C)(C)C)cc(-c2nn3c(=O)cc(N4CCN(C(=O)OC(C)(C)C)CC4)nc3s2)c1. The lowest BCUT2D eigenvalue weighted by Gasteiger charge is -2.36. The highest BCUT2D eigenvalue weighted by Crippen LogP contribution is 2.31. The average molecular weight is 660 g/mol. The summed E-state index contributed by atoms with van der Waals surface area (Å²) in [5, 5.41) is 20.3. The fraction of sp³-hybridized carbons (Fsp3) is 0.548. The molecule has 1 aliphatic heterocycles. The van der Waals surface area contributed by atoms with Gasteiger partial charge in [-0.25, -0.2) is 14.6 Å². The van der Waals surface area contributed by atoms with Gasteiger partial charge >= 0.3 is 12.2 Å². The molecule has 3 heterocycles. The van der Waals surface area contributed by atoms with Gasteiger partial charge in [0.1, 0.15) is 28.6 Å². The Hall–Kier alpha value is -4.24. The van der Waals surface area contributed by atoms with E-state index in [1.165, 1.54) is 21.9 Å². The number of carbonyl (C=O) groups excluding carboxylic acids is 3. The number of hydrogen-bond donors (Lipinski definition) is 3. The maximum absolute atomic E-state index is 13.0. The van der Waals surface area contributed by atoms with Crippen molar-refractivity contribution in [3.8, 4) is 10.6 Å². The summed E-state index contributed by atoms with van der Waals surface area (Å²) in [4.78, 5) is 58.5. The number of amides is 3. The van der Waals surface area contributed by atoms with Gasteiger partial charge in [-0.3, -0.25) is 9.59 Å². The van der Waals surface area contributed by atoms with Crippen molar-refractivity contribution in [2.75, 3.05) is 42.9 Å². The predicted molar refractivity (Wildman–Crippen MR) is 177 cm³/mol. The lowest BCUT2D eigenvalue weighted by molar-refractivity contribution is -0.115. The van der Waals surface area contributed by atoms with Crippen molar-refractivity contribution >= 4 is 45.9 Å². The molecule has 0 saturated carbocycles. The number of alkyl carbamates (subject to hydrolysis) is 1. The molecule has 0 radical (unpaired) electrons. The number of benzene rings is 1. The molecule has 252 valence electrons. The maximum Gasteiger partial charge on any atom is 0.410 e. The smallest absolute Gasteiger partial charge is 0.410 e. The van der Waals surface area contributed by atoms with Crippen LogP contribution in [0.3, 0.4) is 0 Å². The second kappa shape index (κ2) is 14.9. The van der Waals surface area contributed by atoms with Crippen molar-refractivity contribution in [1.29, 1.82) is 0 Å². The molecule has 4 rings (SSSR count). The molecule has 0 bridgehead atoms. The molecule has 14 nitrogen and oxygen atoms in total. The molecule has 1 saturated heterocycles. The van der Waals surface area contributed by atoms with Crippen LogP contribution in [0.1, 0.15) is 74.0 Å². The van der Waals surface area contributed by atoms with E-state index in [0.29, 0.717) is 58.8 Å². The number of piperazine rings is 1. The van der Waals surface area contributed by atoms with Gasteiger partial charge in [-0.15, -0.1) is 0 Å². The highest BCUT2D eigenvalue weighted by Gasteiger charge is 2.27. The monoisotopic (exact) mass is 659 g/mol. The highest BCUT2D eigenvalue weighted by molar-refractivity contribution is 7.19. The zero-order chi connectivity index (χ0) is 34.4. The quantitative estimate of drug-likeness (QED) is 0.345. The van der Waals surface area contributed by atoms with Gasteiger partial charge in [0.15, 0.2) is 0 Å². The second-order valence-corrected chi connectivity index (χ2v) is 13.4.